The maximum Gasteiger partial charge on any atom is 0.315 e. The van der Waals surface area contributed by atoms with Gasteiger partial charge < -0.3 is 19.9 Å². The summed E-state index contributed by atoms with van der Waals surface area (Å²) >= 11 is 6.04. The average Bonchev–Trinajstić information content (AvgIpc) is 3.17. The van der Waals surface area contributed by atoms with E-state index in [1.807, 2.05) is 19.1 Å². The molecule has 2 aromatic rings. The molecule has 128 valence electrons. The van der Waals surface area contributed by atoms with Gasteiger partial charge in [-0.2, -0.15) is 0 Å². The monoisotopic (exact) mass is 349 g/mol. The Hall–Kier alpha value is -2.28. The van der Waals surface area contributed by atoms with E-state index in [9.17, 15) is 4.79 Å². The number of carbonyl (C=O) groups is 1. The SMILES string of the molecule is C[C@H](CNC(=O)NCc1nnc2n1CCC2)Oc1ccccc1Cl. The number of para-hydroxylation sites is 1. The van der Waals surface area contributed by atoms with Crippen molar-refractivity contribution in [1.29, 1.82) is 0 Å². The molecule has 0 radical (unpaired) electrons. The van der Waals surface area contributed by atoms with E-state index in [0.29, 0.717) is 23.9 Å². The number of halogens is 1. The summed E-state index contributed by atoms with van der Waals surface area (Å²) in [6, 6.07) is 6.99. The number of ether oxygens (including phenoxy) is 1. The normalized spacial score (nSPS) is 14.1. The van der Waals surface area contributed by atoms with Crippen LogP contribution in [0.1, 0.15) is 25.0 Å². The average molecular weight is 350 g/mol. The maximum absolute atomic E-state index is 11.9. The first-order valence-electron chi connectivity index (χ1n) is 7.97. The summed E-state index contributed by atoms with van der Waals surface area (Å²) in [5.41, 5.74) is 0. The van der Waals surface area contributed by atoms with Gasteiger partial charge in [-0.25, -0.2) is 4.79 Å². The molecule has 2 amide bonds. The molecule has 7 nitrogen and oxygen atoms in total. The van der Waals surface area contributed by atoms with Gasteiger partial charge in [-0.3, -0.25) is 0 Å². The number of fused-ring (bicyclic) bond motifs is 1. The van der Waals surface area contributed by atoms with Gasteiger partial charge in [0, 0.05) is 13.0 Å². The summed E-state index contributed by atoms with van der Waals surface area (Å²) in [4.78, 5) is 11.9. The molecule has 0 aliphatic carbocycles. The van der Waals surface area contributed by atoms with E-state index >= 15 is 0 Å². The molecule has 8 heteroatoms. The molecule has 1 atom stereocenters. The van der Waals surface area contributed by atoms with Gasteiger partial charge in [0.25, 0.3) is 0 Å². The lowest BCUT2D eigenvalue weighted by Crippen LogP contribution is -2.40. The van der Waals surface area contributed by atoms with E-state index in [1.54, 1.807) is 12.1 Å². The predicted octanol–water partition coefficient (Wildman–Crippen LogP) is 2.14. The number of rotatable bonds is 6. The number of aryl methyl sites for hydroxylation is 1. The van der Waals surface area contributed by atoms with Crippen LogP contribution < -0.4 is 15.4 Å². The third kappa shape index (κ3) is 3.97. The number of nitrogens with zero attached hydrogens (tertiary/aromatic N) is 3. The molecule has 0 spiro atoms. The second-order valence-corrected chi connectivity index (χ2v) is 6.12. The molecule has 2 N–H and O–H groups in total. The van der Waals surface area contributed by atoms with Crippen molar-refractivity contribution in [2.24, 2.45) is 0 Å². The number of aromatic nitrogens is 3. The molecule has 0 saturated heterocycles. The van der Waals surface area contributed by atoms with Crippen molar-refractivity contribution < 1.29 is 9.53 Å². The highest BCUT2D eigenvalue weighted by atomic mass is 35.5. The molecular formula is C16H20ClN5O2. The first-order valence-corrected chi connectivity index (χ1v) is 8.35. The maximum atomic E-state index is 11.9. The highest BCUT2D eigenvalue weighted by Gasteiger charge is 2.17. The van der Waals surface area contributed by atoms with Gasteiger partial charge in [-0.05, 0) is 25.5 Å². The van der Waals surface area contributed by atoms with Crippen LogP contribution >= 0.6 is 11.6 Å². The van der Waals surface area contributed by atoms with Crippen LogP contribution in [-0.2, 0) is 19.5 Å². The van der Waals surface area contributed by atoms with Crippen molar-refractivity contribution in [1.82, 2.24) is 25.4 Å². The topological polar surface area (TPSA) is 81.1 Å². The Balaban J connectivity index is 1.41. The minimum Gasteiger partial charge on any atom is -0.487 e. The Morgan fingerprint density at radius 3 is 3.04 bits per heavy atom. The van der Waals surface area contributed by atoms with Gasteiger partial charge in [-0.15, -0.1) is 10.2 Å². The van der Waals surface area contributed by atoms with Gasteiger partial charge in [0.15, 0.2) is 5.82 Å². The van der Waals surface area contributed by atoms with Crippen LogP contribution in [0, 0.1) is 0 Å². The number of carbonyl (C=O) groups excluding carboxylic acids is 1. The molecule has 2 heterocycles. The quantitative estimate of drug-likeness (QED) is 0.837. The Kier molecular flexibility index (Phi) is 5.20. The van der Waals surface area contributed by atoms with E-state index in [-0.39, 0.29) is 12.1 Å². The molecule has 0 saturated carbocycles. The number of benzene rings is 1. The number of amides is 2. The minimum absolute atomic E-state index is 0.201. The zero-order valence-corrected chi connectivity index (χ0v) is 14.2. The van der Waals surface area contributed by atoms with Gasteiger partial charge in [0.1, 0.15) is 17.7 Å². The highest BCUT2D eigenvalue weighted by Crippen LogP contribution is 2.24. The van der Waals surface area contributed by atoms with Gasteiger partial charge >= 0.3 is 6.03 Å². The molecule has 0 unspecified atom stereocenters. The third-order valence-electron chi connectivity index (χ3n) is 3.81. The van der Waals surface area contributed by atoms with Crippen molar-refractivity contribution in [3.05, 3.63) is 40.9 Å². The van der Waals surface area contributed by atoms with E-state index in [4.69, 9.17) is 16.3 Å². The first kappa shape index (κ1) is 16.6. The first-order chi connectivity index (χ1) is 11.6. The van der Waals surface area contributed by atoms with Crippen LogP contribution in [0.3, 0.4) is 0 Å². The number of urea groups is 1. The number of hydrogen-bond acceptors (Lipinski definition) is 4. The lowest BCUT2D eigenvalue weighted by Gasteiger charge is -2.16. The number of hydrogen-bond donors (Lipinski definition) is 2. The molecule has 1 aliphatic rings. The smallest absolute Gasteiger partial charge is 0.315 e. The third-order valence-corrected chi connectivity index (χ3v) is 4.12. The van der Waals surface area contributed by atoms with Crippen LogP contribution in [0.4, 0.5) is 4.79 Å². The Morgan fingerprint density at radius 1 is 1.38 bits per heavy atom. The van der Waals surface area contributed by atoms with Crippen molar-refractivity contribution in [2.75, 3.05) is 6.54 Å². The summed E-state index contributed by atoms with van der Waals surface area (Å²) in [6.45, 7) is 3.52. The molecule has 24 heavy (non-hydrogen) atoms. The fourth-order valence-electron chi connectivity index (χ4n) is 2.60. The molecular weight excluding hydrogens is 330 g/mol. The number of nitrogens with one attached hydrogen (secondary N) is 2. The highest BCUT2D eigenvalue weighted by molar-refractivity contribution is 6.32. The van der Waals surface area contributed by atoms with E-state index in [0.717, 1.165) is 31.0 Å². The molecule has 1 aromatic heterocycles. The van der Waals surface area contributed by atoms with Crippen LogP contribution in [0.2, 0.25) is 5.02 Å². The van der Waals surface area contributed by atoms with E-state index in [2.05, 4.69) is 25.4 Å². The van der Waals surface area contributed by atoms with Crippen LogP contribution in [0.5, 0.6) is 5.75 Å². The van der Waals surface area contributed by atoms with Gasteiger partial charge in [-0.1, -0.05) is 23.7 Å². The summed E-state index contributed by atoms with van der Waals surface area (Å²) in [5.74, 6) is 2.39. The molecule has 3 rings (SSSR count). The standard InChI is InChI=1S/C16H20ClN5O2/c1-11(24-13-6-3-2-5-12(13)17)9-18-16(23)19-10-15-21-20-14-7-4-8-22(14)15/h2-3,5-6,11H,4,7-10H2,1H3,(H2,18,19,23)/t11-/m1/s1. The van der Waals surface area contributed by atoms with Crippen LogP contribution in [0.25, 0.3) is 0 Å². The molecule has 0 bridgehead atoms. The van der Waals surface area contributed by atoms with Crippen LogP contribution in [0.15, 0.2) is 24.3 Å². The summed E-state index contributed by atoms with van der Waals surface area (Å²) in [6.07, 6.45) is 1.84. The Bertz CT molecular complexity index is 718. The zero-order valence-electron chi connectivity index (χ0n) is 13.5. The minimum atomic E-state index is -0.264. The van der Waals surface area contributed by atoms with Crippen molar-refractivity contribution >= 4 is 17.6 Å². The Morgan fingerprint density at radius 2 is 2.21 bits per heavy atom. The molecule has 1 aromatic carbocycles. The lowest BCUT2D eigenvalue weighted by atomic mass is 10.3. The largest absolute Gasteiger partial charge is 0.487 e. The fourth-order valence-corrected chi connectivity index (χ4v) is 2.78. The van der Waals surface area contributed by atoms with E-state index < -0.39 is 0 Å². The van der Waals surface area contributed by atoms with Gasteiger partial charge in [0.2, 0.25) is 0 Å². The molecule has 0 fully saturated rings. The molecule has 1 aliphatic heterocycles. The van der Waals surface area contributed by atoms with Gasteiger partial charge in [0.05, 0.1) is 18.1 Å². The fraction of sp³-hybridized carbons (Fsp3) is 0.438. The lowest BCUT2D eigenvalue weighted by molar-refractivity contribution is 0.207. The zero-order chi connectivity index (χ0) is 16.9. The summed E-state index contributed by atoms with van der Waals surface area (Å²) in [5, 5.41) is 14.3. The predicted molar refractivity (Wildman–Crippen MR) is 90.1 cm³/mol. The second kappa shape index (κ2) is 7.53. The Labute approximate surface area is 145 Å². The summed E-state index contributed by atoms with van der Waals surface area (Å²) in [7, 11) is 0. The second-order valence-electron chi connectivity index (χ2n) is 5.71. The van der Waals surface area contributed by atoms with Crippen molar-refractivity contribution in [3.63, 3.8) is 0 Å². The van der Waals surface area contributed by atoms with Crippen LogP contribution in [-0.4, -0.2) is 33.4 Å². The summed E-state index contributed by atoms with van der Waals surface area (Å²) < 4.78 is 7.76. The van der Waals surface area contributed by atoms with E-state index in [1.165, 1.54) is 0 Å². The van der Waals surface area contributed by atoms with Crippen molar-refractivity contribution in [2.45, 2.75) is 39.0 Å². The van der Waals surface area contributed by atoms with Crippen molar-refractivity contribution in [3.8, 4) is 5.75 Å².